The number of hydrogen-bond donors (Lipinski definition) is 2. The summed E-state index contributed by atoms with van der Waals surface area (Å²) in [6.45, 7) is -0.0717. The average molecular weight is 185 g/mol. The smallest absolute Gasteiger partial charge is 0.396 e. The van der Waals surface area contributed by atoms with Crippen molar-refractivity contribution in [1.29, 1.82) is 0 Å². The van der Waals surface area contributed by atoms with Crippen LogP contribution in [0.3, 0.4) is 0 Å². The molecule has 0 spiro atoms. The number of alkyl halides is 3. The minimum absolute atomic E-state index is 0.0748. The Balaban J connectivity index is 3.47. The largest absolute Gasteiger partial charge is 0.397 e. The number of carbonyl (C=O) groups excluding carboxylic acids is 1. The number of aliphatic hydroxyl groups excluding tert-OH is 1. The number of rotatable bonds is 4. The number of halogens is 3. The highest BCUT2D eigenvalue weighted by Gasteiger charge is 2.30. The molecule has 3 nitrogen and oxygen atoms in total. The van der Waals surface area contributed by atoms with E-state index in [0.29, 0.717) is 0 Å². The lowest BCUT2D eigenvalue weighted by atomic mass is 10.3. The maximum Gasteiger partial charge on any atom is 0.397 e. The van der Waals surface area contributed by atoms with E-state index in [1.807, 2.05) is 5.32 Å². The first kappa shape index (κ1) is 11.2. The first-order valence-electron chi connectivity index (χ1n) is 3.40. The van der Waals surface area contributed by atoms with Crippen molar-refractivity contribution < 1.29 is 23.1 Å². The predicted molar refractivity (Wildman–Crippen MR) is 35.4 cm³/mol. The highest BCUT2D eigenvalue weighted by Crippen LogP contribution is 2.18. The summed E-state index contributed by atoms with van der Waals surface area (Å²) < 4.78 is 34.5. The molecule has 0 aromatic carbocycles. The Morgan fingerprint density at radius 2 is 2.00 bits per heavy atom. The molecule has 0 saturated heterocycles. The normalized spacial score (nSPS) is 11.3. The zero-order chi connectivity index (χ0) is 9.61. The summed E-state index contributed by atoms with van der Waals surface area (Å²) in [6.07, 6.45) is -5.65. The van der Waals surface area contributed by atoms with Crippen LogP contribution in [0.5, 0.6) is 0 Å². The van der Waals surface area contributed by atoms with Crippen LogP contribution >= 0.6 is 0 Å². The standard InChI is InChI=1S/C6H10F3NO2/c7-6(8,9)4-5(12)10-2-1-3-11/h11H,1-4H2,(H,10,12). The van der Waals surface area contributed by atoms with Crippen molar-refractivity contribution in [3.8, 4) is 0 Å². The summed E-state index contributed by atoms with van der Waals surface area (Å²) in [4.78, 5) is 10.4. The van der Waals surface area contributed by atoms with Crippen LogP contribution in [0.4, 0.5) is 13.2 Å². The molecular formula is C6H10F3NO2. The van der Waals surface area contributed by atoms with Crippen molar-refractivity contribution >= 4 is 5.91 Å². The summed E-state index contributed by atoms with van der Waals surface area (Å²) >= 11 is 0. The molecule has 0 bridgehead atoms. The van der Waals surface area contributed by atoms with Gasteiger partial charge in [0.2, 0.25) is 5.91 Å². The van der Waals surface area contributed by atoms with E-state index in [1.54, 1.807) is 0 Å². The number of aliphatic hydroxyl groups is 1. The SMILES string of the molecule is O=C(CC(F)(F)F)NCCCO. The summed E-state index contributed by atoms with van der Waals surface area (Å²) in [6, 6.07) is 0. The number of amides is 1. The van der Waals surface area contributed by atoms with Crippen molar-refractivity contribution in [3.63, 3.8) is 0 Å². The molecule has 0 radical (unpaired) electrons. The molecule has 72 valence electrons. The lowest BCUT2D eigenvalue weighted by Gasteiger charge is -2.06. The van der Waals surface area contributed by atoms with Crippen LogP contribution in [0.1, 0.15) is 12.8 Å². The fraction of sp³-hybridized carbons (Fsp3) is 0.833. The van der Waals surface area contributed by atoms with Crippen LogP contribution in [-0.4, -0.2) is 30.3 Å². The molecule has 0 aliphatic carbocycles. The summed E-state index contributed by atoms with van der Waals surface area (Å²) in [7, 11) is 0. The molecule has 0 aromatic rings. The van der Waals surface area contributed by atoms with Gasteiger partial charge in [-0.15, -0.1) is 0 Å². The summed E-state index contributed by atoms with van der Waals surface area (Å²) in [5.41, 5.74) is 0. The first-order chi connectivity index (χ1) is 5.45. The van der Waals surface area contributed by atoms with Crippen LogP contribution < -0.4 is 5.32 Å². The van der Waals surface area contributed by atoms with Gasteiger partial charge in [0.15, 0.2) is 0 Å². The van der Waals surface area contributed by atoms with E-state index >= 15 is 0 Å². The van der Waals surface area contributed by atoms with Crippen molar-refractivity contribution in [2.45, 2.75) is 19.0 Å². The van der Waals surface area contributed by atoms with Crippen molar-refractivity contribution in [2.75, 3.05) is 13.2 Å². The van der Waals surface area contributed by atoms with Gasteiger partial charge in [0.1, 0.15) is 6.42 Å². The van der Waals surface area contributed by atoms with E-state index in [1.165, 1.54) is 0 Å². The van der Waals surface area contributed by atoms with E-state index in [2.05, 4.69) is 0 Å². The van der Waals surface area contributed by atoms with Gasteiger partial charge in [0.25, 0.3) is 0 Å². The van der Waals surface area contributed by atoms with E-state index in [-0.39, 0.29) is 19.6 Å². The van der Waals surface area contributed by atoms with Crippen molar-refractivity contribution in [1.82, 2.24) is 5.32 Å². The maximum atomic E-state index is 11.5. The van der Waals surface area contributed by atoms with Gasteiger partial charge in [-0.05, 0) is 6.42 Å². The Hall–Kier alpha value is -0.780. The van der Waals surface area contributed by atoms with E-state index in [9.17, 15) is 18.0 Å². The molecule has 6 heteroatoms. The predicted octanol–water partition coefficient (Wildman–Crippen LogP) is 0.437. The third-order valence-electron chi connectivity index (χ3n) is 1.02. The Bertz CT molecular complexity index is 146. The third kappa shape index (κ3) is 7.33. The van der Waals surface area contributed by atoms with Crippen LogP contribution in [-0.2, 0) is 4.79 Å². The van der Waals surface area contributed by atoms with Crippen molar-refractivity contribution in [2.24, 2.45) is 0 Å². The van der Waals surface area contributed by atoms with Gasteiger partial charge >= 0.3 is 6.18 Å². The van der Waals surface area contributed by atoms with E-state index in [0.717, 1.165) is 0 Å². The fourth-order valence-electron chi connectivity index (χ4n) is 0.551. The van der Waals surface area contributed by atoms with Crippen LogP contribution in [0.2, 0.25) is 0 Å². The Kier molecular flexibility index (Phi) is 4.65. The van der Waals surface area contributed by atoms with Crippen LogP contribution in [0, 0.1) is 0 Å². The lowest BCUT2D eigenvalue weighted by Crippen LogP contribution is -2.29. The minimum Gasteiger partial charge on any atom is -0.396 e. The quantitative estimate of drug-likeness (QED) is 0.624. The van der Waals surface area contributed by atoms with Gasteiger partial charge in [0.05, 0.1) is 0 Å². The summed E-state index contributed by atoms with van der Waals surface area (Å²) in [5, 5.41) is 10.3. The first-order valence-corrected chi connectivity index (χ1v) is 3.40. The van der Waals surface area contributed by atoms with Crippen molar-refractivity contribution in [3.05, 3.63) is 0 Å². The van der Waals surface area contributed by atoms with Gasteiger partial charge < -0.3 is 10.4 Å². The van der Waals surface area contributed by atoms with Crippen LogP contribution in [0.25, 0.3) is 0 Å². The molecule has 2 N–H and O–H groups in total. The zero-order valence-corrected chi connectivity index (χ0v) is 6.32. The monoisotopic (exact) mass is 185 g/mol. The minimum atomic E-state index is -4.46. The molecule has 0 fully saturated rings. The number of nitrogens with one attached hydrogen (secondary N) is 1. The average Bonchev–Trinajstić information content (AvgIpc) is 1.84. The molecule has 0 unspecified atom stereocenters. The number of hydrogen-bond acceptors (Lipinski definition) is 2. The van der Waals surface area contributed by atoms with Crippen LogP contribution in [0.15, 0.2) is 0 Å². The molecular weight excluding hydrogens is 175 g/mol. The lowest BCUT2D eigenvalue weighted by molar-refractivity contribution is -0.153. The third-order valence-corrected chi connectivity index (χ3v) is 1.02. The second-order valence-electron chi connectivity index (χ2n) is 2.22. The molecule has 0 aliphatic rings. The Morgan fingerprint density at radius 1 is 1.42 bits per heavy atom. The van der Waals surface area contributed by atoms with Gasteiger partial charge in [-0.1, -0.05) is 0 Å². The Labute approximate surface area is 67.6 Å². The molecule has 12 heavy (non-hydrogen) atoms. The molecule has 0 aromatic heterocycles. The second kappa shape index (κ2) is 4.97. The molecule has 0 rings (SSSR count). The molecule has 0 saturated carbocycles. The molecule has 0 aliphatic heterocycles. The zero-order valence-electron chi connectivity index (χ0n) is 6.32. The molecule has 0 heterocycles. The fourth-order valence-corrected chi connectivity index (χ4v) is 0.551. The highest BCUT2D eigenvalue weighted by atomic mass is 19.4. The van der Waals surface area contributed by atoms with Gasteiger partial charge in [-0.3, -0.25) is 4.79 Å². The van der Waals surface area contributed by atoms with E-state index in [4.69, 9.17) is 5.11 Å². The topological polar surface area (TPSA) is 49.3 Å². The second-order valence-corrected chi connectivity index (χ2v) is 2.22. The highest BCUT2D eigenvalue weighted by molar-refractivity contribution is 5.76. The Morgan fingerprint density at radius 3 is 2.42 bits per heavy atom. The summed E-state index contributed by atoms with van der Waals surface area (Å²) in [5.74, 6) is -1.06. The van der Waals surface area contributed by atoms with E-state index < -0.39 is 18.5 Å². The maximum absolute atomic E-state index is 11.5. The van der Waals surface area contributed by atoms with Gasteiger partial charge in [0, 0.05) is 13.2 Å². The molecule has 1 amide bonds. The molecule has 0 atom stereocenters. The van der Waals surface area contributed by atoms with Gasteiger partial charge in [-0.2, -0.15) is 13.2 Å². The number of carbonyl (C=O) groups is 1. The van der Waals surface area contributed by atoms with Gasteiger partial charge in [-0.25, -0.2) is 0 Å².